The molecule has 0 aliphatic carbocycles. The Balaban J connectivity index is 1.82. The fraction of sp³-hybridized carbons (Fsp3) is 0.462. The van der Waals surface area contributed by atoms with E-state index in [4.69, 9.17) is 4.74 Å². The summed E-state index contributed by atoms with van der Waals surface area (Å²) < 4.78 is 18.8. The monoisotopic (exact) mass is 313 g/mol. The Labute approximate surface area is 115 Å². The molecule has 1 heterocycles. The zero-order valence-corrected chi connectivity index (χ0v) is 12.5. The van der Waals surface area contributed by atoms with Crippen LogP contribution >= 0.6 is 0 Å². The molecule has 0 spiro atoms. The van der Waals surface area contributed by atoms with E-state index in [9.17, 15) is 9.18 Å². The van der Waals surface area contributed by atoms with E-state index in [0.717, 1.165) is 12.0 Å². The van der Waals surface area contributed by atoms with Gasteiger partial charge in [0, 0.05) is 0 Å². The van der Waals surface area contributed by atoms with Crippen LogP contribution in [0.3, 0.4) is 0 Å². The second-order valence-electron chi connectivity index (χ2n) is 4.45. The van der Waals surface area contributed by atoms with E-state index in [2.05, 4.69) is 0 Å². The number of piperidine rings is 1. The molecule has 3 nitrogen and oxygen atoms in total. The number of hydrogen-bond acceptors (Lipinski definition) is 2. The van der Waals surface area contributed by atoms with Crippen LogP contribution in [0.15, 0.2) is 30.3 Å². The van der Waals surface area contributed by atoms with Gasteiger partial charge in [-0.15, -0.1) is 0 Å². The van der Waals surface area contributed by atoms with Crippen molar-refractivity contribution in [3.8, 4) is 0 Å². The molecule has 0 radical (unpaired) electrons. The molecule has 1 amide bonds. The third kappa shape index (κ3) is 3.49. The van der Waals surface area contributed by atoms with Gasteiger partial charge in [-0.3, -0.25) is 0 Å². The van der Waals surface area contributed by atoms with Crippen LogP contribution in [0, 0.1) is 0 Å². The molecule has 18 heavy (non-hydrogen) atoms. The fourth-order valence-electron chi connectivity index (χ4n) is 1.90. The summed E-state index contributed by atoms with van der Waals surface area (Å²) in [5, 5.41) is 0. The van der Waals surface area contributed by atoms with Crippen LogP contribution in [-0.2, 0) is 11.3 Å². The second-order valence-corrected chi connectivity index (χ2v) is 6.25. The van der Waals surface area contributed by atoms with Crippen molar-refractivity contribution in [1.29, 1.82) is 0 Å². The van der Waals surface area contributed by atoms with Crippen LogP contribution in [-0.4, -0.2) is 47.1 Å². The molecule has 1 aliphatic heterocycles. The summed E-state index contributed by atoms with van der Waals surface area (Å²) in [5.74, 6) is 0. The number of rotatable bonds is 2. The minimum absolute atomic E-state index is 0.0932. The number of hydrogen-bond donors (Lipinski definition) is 0. The molecular weight excluding hydrogens is 296 g/mol. The van der Waals surface area contributed by atoms with Crippen molar-refractivity contribution in [3.63, 3.8) is 0 Å². The molecule has 1 fully saturated rings. The summed E-state index contributed by atoms with van der Waals surface area (Å²) in [5.41, 5.74) is 0.941. The van der Waals surface area contributed by atoms with E-state index in [1.807, 2.05) is 30.3 Å². The Morgan fingerprint density at radius 1 is 1.44 bits per heavy atom. The zero-order chi connectivity index (χ0) is 13.0. The third-order valence-corrected chi connectivity index (χ3v) is 4.63. The van der Waals surface area contributed by atoms with E-state index in [1.165, 1.54) is 21.8 Å². The predicted octanol–water partition coefficient (Wildman–Crippen LogP) is 1.79. The molecule has 0 saturated carbocycles. The van der Waals surface area contributed by atoms with Gasteiger partial charge in [-0.1, -0.05) is 0 Å². The Bertz CT molecular complexity index is 401. The summed E-state index contributed by atoms with van der Waals surface area (Å²) in [6.07, 6.45) is -0.606. The Morgan fingerprint density at radius 2 is 2.17 bits per heavy atom. The first-order valence-electron chi connectivity index (χ1n) is 6.02. The molecule has 0 bridgehead atoms. The third-order valence-electron chi connectivity index (χ3n) is 3.06. The number of halogens is 1. The summed E-state index contributed by atoms with van der Waals surface area (Å²) in [6, 6.07) is 9.49. The molecule has 98 valence electrons. The van der Waals surface area contributed by atoms with E-state index in [0.29, 0.717) is 6.54 Å². The van der Waals surface area contributed by atoms with Crippen molar-refractivity contribution in [1.82, 2.24) is 4.90 Å². The normalized spacial score (nSPS) is 23.8. The molecule has 5 heteroatoms. The van der Waals surface area contributed by atoms with Gasteiger partial charge in [-0.05, 0) is 0 Å². The van der Waals surface area contributed by atoms with E-state index >= 15 is 0 Å². The number of amides is 1. The van der Waals surface area contributed by atoms with Crippen LogP contribution in [0.25, 0.3) is 0 Å². The maximum absolute atomic E-state index is 13.5. The summed E-state index contributed by atoms with van der Waals surface area (Å²) in [6.45, 7) is 1.00. The first-order valence-corrected chi connectivity index (χ1v) is 7.42. The maximum atomic E-state index is 13.5. The minimum atomic E-state index is -0.914. The summed E-state index contributed by atoms with van der Waals surface area (Å²) in [7, 11) is 0. The molecule has 1 aromatic carbocycles. The fourth-order valence-corrected chi connectivity index (χ4v) is 2.47. The van der Waals surface area contributed by atoms with E-state index in [-0.39, 0.29) is 17.9 Å². The van der Waals surface area contributed by atoms with Gasteiger partial charge in [0.05, 0.1) is 0 Å². The van der Waals surface area contributed by atoms with E-state index in [1.54, 1.807) is 0 Å². The van der Waals surface area contributed by atoms with Crippen LogP contribution in [0.5, 0.6) is 0 Å². The van der Waals surface area contributed by atoms with Crippen molar-refractivity contribution in [3.05, 3.63) is 35.9 Å². The Hall–Kier alpha value is -1.02. The molecule has 1 aliphatic rings. The van der Waals surface area contributed by atoms with Gasteiger partial charge < -0.3 is 0 Å². The molecule has 3 atom stereocenters. The van der Waals surface area contributed by atoms with Crippen molar-refractivity contribution in [2.45, 2.75) is 23.9 Å². The first kappa shape index (κ1) is 13.4. The average molecular weight is 313 g/mol. The van der Waals surface area contributed by atoms with Crippen LogP contribution in [0.4, 0.5) is 9.18 Å². The number of alkyl halides is 1. The second kappa shape index (κ2) is 6.23. The Kier molecular flexibility index (Phi) is 4.65. The number of carbonyl (C=O) groups excluding carboxylic acids is 1. The quantitative estimate of drug-likeness (QED) is 0.779. The van der Waals surface area contributed by atoms with Gasteiger partial charge in [0.25, 0.3) is 0 Å². The van der Waals surface area contributed by atoms with Gasteiger partial charge in [0.1, 0.15) is 0 Å². The molecule has 1 saturated heterocycles. The van der Waals surface area contributed by atoms with Crippen molar-refractivity contribution < 1.29 is 13.9 Å². The van der Waals surface area contributed by atoms with Crippen molar-refractivity contribution in [2.24, 2.45) is 0 Å². The Morgan fingerprint density at radius 3 is 2.83 bits per heavy atom. The van der Waals surface area contributed by atoms with Crippen molar-refractivity contribution >= 4 is 22.9 Å². The molecular formula is C13H17AsFNO2. The van der Waals surface area contributed by atoms with Crippen molar-refractivity contribution in [2.75, 3.05) is 13.1 Å². The number of likely N-dealkylation sites (tertiary alicyclic amines) is 1. The number of carbonyl (C=O) groups is 1. The van der Waals surface area contributed by atoms with Crippen LogP contribution in [0.1, 0.15) is 12.0 Å². The van der Waals surface area contributed by atoms with Crippen LogP contribution < -0.4 is 0 Å². The SMILES string of the molecule is O=C(OCc1ccccc1)N1CCC([AsH2])C(F)C1. The predicted molar refractivity (Wildman–Crippen MR) is 70.0 cm³/mol. The molecule has 3 unspecified atom stereocenters. The summed E-state index contributed by atoms with van der Waals surface area (Å²) >= 11 is 1.41. The first-order chi connectivity index (χ1) is 8.66. The van der Waals surface area contributed by atoms with Gasteiger partial charge in [0.15, 0.2) is 0 Å². The summed E-state index contributed by atoms with van der Waals surface area (Å²) in [4.78, 5) is 13.2. The van der Waals surface area contributed by atoms with Gasteiger partial charge in [0.2, 0.25) is 0 Å². The number of benzene rings is 1. The van der Waals surface area contributed by atoms with Gasteiger partial charge in [-0.2, -0.15) is 0 Å². The molecule has 0 N–H and O–H groups in total. The van der Waals surface area contributed by atoms with E-state index < -0.39 is 12.3 Å². The van der Waals surface area contributed by atoms with Gasteiger partial charge in [-0.25, -0.2) is 0 Å². The standard InChI is InChI=1S/C13H17AsFNO2/c14-11-6-7-16(8-12(11)15)13(17)18-9-10-4-2-1-3-5-10/h1-5,11-12H,6-9,14H2. The van der Waals surface area contributed by atoms with Gasteiger partial charge >= 0.3 is 115 Å². The number of ether oxygens (including phenoxy) is 1. The average Bonchev–Trinajstić information content (AvgIpc) is 2.40. The number of nitrogens with zero attached hydrogens (tertiary/aromatic N) is 1. The molecule has 0 aromatic heterocycles. The zero-order valence-electron chi connectivity index (χ0n) is 10.1. The molecule has 2 rings (SSSR count). The molecule has 1 aromatic rings. The van der Waals surface area contributed by atoms with Crippen LogP contribution in [0.2, 0.25) is 4.71 Å². The topological polar surface area (TPSA) is 29.5 Å².